The second kappa shape index (κ2) is 6.57. The van der Waals surface area contributed by atoms with Crippen LogP contribution in [0.2, 0.25) is 0 Å². The Morgan fingerprint density at radius 2 is 1.92 bits per heavy atom. The van der Waals surface area contributed by atoms with Crippen molar-refractivity contribution in [2.75, 3.05) is 0 Å². The van der Waals surface area contributed by atoms with E-state index < -0.39 is 0 Å². The number of tetrazole rings is 1. The van der Waals surface area contributed by atoms with Crippen LogP contribution in [0.3, 0.4) is 0 Å². The summed E-state index contributed by atoms with van der Waals surface area (Å²) in [6, 6.07) is 12.4. The minimum absolute atomic E-state index is 0.214. The molecular formula is C17H18N4O3. The summed E-state index contributed by atoms with van der Waals surface area (Å²) in [6.45, 7) is 2.27. The van der Waals surface area contributed by atoms with Crippen LogP contribution in [0.1, 0.15) is 18.1 Å². The molecule has 124 valence electrons. The normalized spacial score (nSPS) is 10.8. The average Bonchev–Trinajstić information content (AvgIpc) is 2.93. The molecule has 0 aliphatic rings. The van der Waals surface area contributed by atoms with Crippen LogP contribution in [0.5, 0.6) is 11.5 Å². The molecule has 0 atom stereocenters. The van der Waals surface area contributed by atoms with Crippen molar-refractivity contribution in [2.24, 2.45) is 7.05 Å². The van der Waals surface area contributed by atoms with Gasteiger partial charge < -0.3 is 9.84 Å². The third-order valence-corrected chi connectivity index (χ3v) is 3.75. The Morgan fingerprint density at radius 3 is 2.62 bits per heavy atom. The molecule has 3 aromatic rings. The van der Waals surface area contributed by atoms with Crippen LogP contribution >= 0.6 is 0 Å². The lowest BCUT2D eigenvalue weighted by molar-refractivity contribution is 0.302. The van der Waals surface area contributed by atoms with E-state index in [1.54, 1.807) is 31.3 Å². The molecule has 24 heavy (non-hydrogen) atoms. The molecule has 0 bridgehead atoms. The van der Waals surface area contributed by atoms with E-state index in [4.69, 9.17) is 4.74 Å². The van der Waals surface area contributed by atoms with Crippen LogP contribution in [-0.4, -0.2) is 24.9 Å². The van der Waals surface area contributed by atoms with Crippen molar-refractivity contribution >= 4 is 0 Å². The Bertz CT molecular complexity index is 914. The highest BCUT2D eigenvalue weighted by Crippen LogP contribution is 2.25. The summed E-state index contributed by atoms with van der Waals surface area (Å²) in [6.07, 6.45) is 0.745. The molecule has 2 aromatic carbocycles. The second-order valence-electron chi connectivity index (χ2n) is 5.36. The van der Waals surface area contributed by atoms with Gasteiger partial charge in [0.15, 0.2) is 0 Å². The van der Waals surface area contributed by atoms with Gasteiger partial charge in [-0.2, -0.15) is 9.36 Å². The number of rotatable bonds is 5. The number of hydrogen-bond donors (Lipinski definition) is 1. The molecule has 1 aromatic heterocycles. The smallest absolute Gasteiger partial charge is 0.368 e. The quantitative estimate of drug-likeness (QED) is 0.773. The van der Waals surface area contributed by atoms with E-state index in [-0.39, 0.29) is 18.0 Å². The monoisotopic (exact) mass is 326 g/mol. The van der Waals surface area contributed by atoms with Gasteiger partial charge in [-0.05, 0) is 46.7 Å². The first-order valence-corrected chi connectivity index (χ1v) is 7.62. The first-order valence-electron chi connectivity index (χ1n) is 7.62. The van der Waals surface area contributed by atoms with Gasteiger partial charge >= 0.3 is 5.69 Å². The molecule has 0 spiro atoms. The zero-order valence-electron chi connectivity index (χ0n) is 13.5. The molecule has 1 N–H and O–H groups in total. The number of ether oxygens (including phenoxy) is 1. The molecule has 0 fully saturated rings. The highest BCUT2D eigenvalue weighted by atomic mass is 16.5. The summed E-state index contributed by atoms with van der Waals surface area (Å²) >= 11 is 0. The van der Waals surface area contributed by atoms with E-state index in [0.29, 0.717) is 11.4 Å². The van der Waals surface area contributed by atoms with E-state index in [9.17, 15) is 9.90 Å². The van der Waals surface area contributed by atoms with E-state index in [1.165, 1.54) is 9.36 Å². The van der Waals surface area contributed by atoms with Gasteiger partial charge in [0.1, 0.15) is 18.1 Å². The molecule has 0 unspecified atom stereocenters. The lowest BCUT2D eigenvalue weighted by Gasteiger charge is -2.13. The Kier molecular flexibility index (Phi) is 4.33. The number of aryl methyl sites for hydroxylation is 2. The Labute approximate surface area is 138 Å². The maximum atomic E-state index is 12.1. The van der Waals surface area contributed by atoms with Gasteiger partial charge in [-0.15, -0.1) is 0 Å². The van der Waals surface area contributed by atoms with Crippen molar-refractivity contribution < 1.29 is 9.84 Å². The minimum Gasteiger partial charge on any atom is -0.508 e. The molecule has 3 rings (SSSR count). The number of aromatic nitrogens is 4. The van der Waals surface area contributed by atoms with Gasteiger partial charge in [-0.25, -0.2) is 4.79 Å². The topological polar surface area (TPSA) is 82.2 Å². The van der Waals surface area contributed by atoms with Crippen LogP contribution < -0.4 is 10.4 Å². The molecule has 0 amide bonds. The molecule has 7 heteroatoms. The number of benzene rings is 2. The van der Waals surface area contributed by atoms with Crippen LogP contribution in [0, 0.1) is 0 Å². The number of para-hydroxylation sites is 1. The third-order valence-electron chi connectivity index (χ3n) is 3.75. The molecule has 0 aliphatic heterocycles. The van der Waals surface area contributed by atoms with Crippen molar-refractivity contribution in [3.8, 4) is 17.2 Å². The van der Waals surface area contributed by atoms with Gasteiger partial charge in [0.2, 0.25) is 0 Å². The Hall–Kier alpha value is -3.09. The van der Waals surface area contributed by atoms with Gasteiger partial charge in [0.05, 0.1) is 5.69 Å². The Balaban J connectivity index is 1.90. The lowest BCUT2D eigenvalue weighted by atomic mass is 10.1. The van der Waals surface area contributed by atoms with E-state index in [0.717, 1.165) is 17.5 Å². The van der Waals surface area contributed by atoms with Crippen molar-refractivity contribution in [2.45, 2.75) is 20.0 Å². The number of hydrogen-bond acceptors (Lipinski definition) is 5. The summed E-state index contributed by atoms with van der Waals surface area (Å²) in [4.78, 5) is 12.1. The standard InChI is InChI=1S/C17H18N4O3/c1-3-12-10-14(22)8-9-16(12)24-11-13-6-4-5-7-15(13)21-17(23)20(2)18-19-21/h4-10,22H,3,11H2,1-2H3. The van der Waals surface area contributed by atoms with Gasteiger partial charge in [-0.1, -0.05) is 25.1 Å². The molecule has 7 nitrogen and oxygen atoms in total. The van der Waals surface area contributed by atoms with Crippen LogP contribution in [0.4, 0.5) is 0 Å². The maximum absolute atomic E-state index is 12.1. The lowest BCUT2D eigenvalue weighted by Crippen LogP contribution is -2.23. The number of aromatic hydroxyl groups is 1. The van der Waals surface area contributed by atoms with Gasteiger partial charge in [0.25, 0.3) is 0 Å². The zero-order valence-corrected chi connectivity index (χ0v) is 13.5. The van der Waals surface area contributed by atoms with Crippen molar-refractivity contribution in [1.29, 1.82) is 0 Å². The van der Waals surface area contributed by atoms with E-state index in [1.807, 2.05) is 25.1 Å². The largest absolute Gasteiger partial charge is 0.508 e. The summed E-state index contributed by atoms with van der Waals surface area (Å²) in [5, 5.41) is 17.2. The SMILES string of the molecule is CCc1cc(O)ccc1OCc1ccccc1-n1nnn(C)c1=O. The van der Waals surface area contributed by atoms with Crippen molar-refractivity contribution in [3.63, 3.8) is 0 Å². The van der Waals surface area contributed by atoms with Gasteiger partial charge in [0, 0.05) is 12.6 Å². The predicted molar refractivity (Wildman–Crippen MR) is 88.4 cm³/mol. The van der Waals surface area contributed by atoms with Crippen molar-refractivity contribution in [3.05, 3.63) is 64.1 Å². The number of phenolic OH excluding ortho intramolecular Hbond substituents is 1. The molecule has 0 radical (unpaired) electrons. The van der Waals surface area contributed by atoms with Gasteiger partial charge in [-0.3, -0.25) is 0 Å². The molecule has 0 saturated carbocycles. The average molecular weight is 326 g/mol. The number of phenols is 1. The third kappa shape index (κ3) is 3.01. The fraction of sp³-hybridized carbons (Fsp3) is 0.235. The summed E-state index contributed by atoms with van der Waals surface area (Å²) in [7, 11) is 1.55. The zero-order chi connectivity index (χ0) is 17.1. The van der Waals surface area contributed by atoms with Crippen molar-refractivity contribution in [1.82, 2.24) is 19.8 Å². The van der Waals surface area contributed by atoms with E-state index in [2.05, 4.69) is 10.4 Å². The number of nitrogens with zero attached hydrogens (tertiary/aromatic N) is 4. The van der Waals surface area contributed by atoms with Crippen LogP contribution in [0.15, 0.2) is 47.3 Å². The van der Waals surface area contributed by atoms with E-state index >= 15 is 0 Å². The van der Waals surface area contributed by atoms with Crippen LogP contribution in [0.25, 0.3) is 5.69 Å². The summed E-state index contributed by atoms with van der Waals surface area (Å²) in [5.41, 5.74) is 2.05. The fourth-order valence-corrected chi connectivity index (χ4v) is 2.44. The van der Waals surface area contributed by atoms with Crippen LogP contribution in [-0.2, 0) is 20.1 Å². The molecule has 1 heterocycles. The minimum atomic E-state index is -0.318. The molecular weight excluding hydrogens is 308 g/mol. The first-order chi connectivity index (χ1) is 11.6. The fourth-order valence-electron chi connectivity index (χ4n) is 2.44. The first kappa shape index (κ1) is 15.8. The summed E-state index contributed by atoms with van der Waals surface area (Å²) in [5.74, 6) is 0.919. The summed E-state index contributed by atoms with van der Waals surface area (Å²) < 4.78 is 8.32. The highest BCUT2D eigenvalue weighted by molar-refractivity contribution is 5.42. The highest BCUT2D eigenvalue weighted by Gasteiger charge is 2.12. The Morgan fingerprint density at radius 1 is 1.12 bits per heavy atom. The second-order valence-corrected chi connectivity index (χ2v) is 5.36. The molecule has 0 aliphatic carbocycles. The predicted octanol–water partition coefficient (Wildman–Crippen LogP) is 1.81. The molecule has 0 saturated heterocycles. The maximum Gasteiger partial charge on any atom is 0.368 e.